The second kappa shape index (κ2) is 8.08. The maximum atomic E-state index is 11.4. The summed E-state index contributed by atoms with van der Waals surface area (Å²) in [6, 6.07) is 7.13. The Morgan fingerprint density at radius 3 is 2.48 bits per heavy atom. The van der Waals surface area contributed by atoms with Gasteiger partial charge in [-0.3, -0.25) is 9.35 Å². The Balaban J connectivity index is 2.27. The van der Waals surface area contributed by atoms with Crippen molar-refractivity contribution in [2.45, 2.75) is 37.6 Å². The van der Waals surface area contributed by atoms with Crippen LogP contribution in [0.25, 0.3) is 0 Å². The average molecular weight is 377 g/mol. The number of carbonyl (C=O) groups is 1. The third-order valence-electron chi connectivity index (χ3n) is 3.45. The van der Waals surface area contributed by atoms with Gasteiger partial charge in [0.05, 0.1) is 6.61 Å². The van der Waals surface area contributed by atoms with E-state index in [9.17, 15) is 23.4 Å². The summed E-state index contributed by atoms with van der Waals surface area (Å²) < 4.78 is 46.2. The fourth-order valence-electron chi connectivity index (χ4n) is 2.45. The summed E-state index contributed by atoms with van der Waals surface area (Å²) in [4.78, 5) is 11.4. The van der Waals surface area contributed by atoms with Crippen LogP contribution >= 0.6 is 0 Å². The van der Waals surface area contributed by atoms with Crippen molar-refractivity contribution in [1.82, 2.24) is 5.32 Å². The van der Waals surface area contributed by atoms with Gasteiger partial charge in [0.25, 0.3) is 0 Å². The van der Waals surface area contributed by atoms with Crippen LogP contribution in [-0.4, -0.2) is 66.3 Å². The van der Waals surface area contributed by atoms with E-state index in [2.05, 4.69) is 9.50 Å². The number of aliphatic hydroxyl groups is 2. The fraction of sp³-hybridized carbons (Fsp3) is 0.500. The molecule has 0 aromatic heterocycles. The molecule has 5 atom stereocenters. The summed E-state index contributed by atoms with van der Waals surface area (Å²) in [5.41, 5.74) is 0. The zero-order valence-electron chi connectivity index (χ0n) is 13.2. The molecule has 0 aliphatic carbocycles. The third kappa shape index (κ3) is 5.36. The molecule has 140 valence electrons. The second-order valence-corrected chi connectivity index (χ2v) is 6.41. The molecule has 0 spiro atoms. The van der Waals surface area contributed by atoms with E-state index in [0.717, 1.165) is 0 Å². The highest BCUT2D eigenvalue weighted by atomic mass is 32.3. The minimum Gasteiger partial charge on any atom is -0.463 e. The van der Waals surface area contributed by atoms with E-state index >= 15 is 0 Å². The molecule has 0 saturated carbocycles. The van der Waals surface area contributed by atoms with Crippen molar-refractivity contribution in [3.8, 4) is 5.75 Å². The molecule has 1 heterocycles. The summed E-state index contributed by atoms with van der Waals surface area (Å²) in [6.07, 6.45) is -5.85. The molecule has 2 rings (SSSR count). The van der Waals surface area contributed by atoms with Crippen LogP contribution < -0.4 is 10.1 Å². The number of para-hydroxylation sites is 1. The smallest absolute Gasteiger partial charge is 0.397 e. The maximum Gasteiger partial charge on any atom is 0.397 e. The molecular weight excluding hydrogens is 358 g/mol. The van der Waals surface area contributed by atoms with Crippen LogP contribution in [-0.2, 0) is 24.1 Å². The maximum absolute atomic E-state index is 11.4. The van der Waals surface area contributed by atoms with Crippen LogP contribution in [0.2, 0.25) is 0 Å². The van der Waals surface area contributed by atoms with Crippen LogP contribution in [0.15, 0.2) is 30.3 Å². The first-order valence-corrected chi connectivity index (χ1v) is 8.66. The van der Waals surface area contributed by atoms with E-state index in [1.807, 2.05) is 0 Å². The molecule has 10 nitrogen and oxygen atoms in total. The molecule has 25 heavy (non-hydrogen) atoms. The van der Waals surface area contributed by atoms with E-state index in [1.54, 1.807) is 30.3 Å². The fourth-order valence-corrected chi connectivity index (χ4v) is 2.97. The lowest BCUT2D eigenvalue weighted by atomic mass is 9.97. The van der Waals surface area contributed by atoms with Gasteiger partial charge in [-0.2, -0.15) is 8.42 Å². The van der Waals surface area contributed by atoms with Crippen LogP contribution in [0, 0.1) is 0 Å². The molecular formula is C14H19NO9S. The highest BCUT2D eigenvalue weighted by Crippen LogP contribution is 2.27. The number of aliphatic hydroxyl groups excluding tert-OH is 2. The van der Waals surface area contributed by atoms with Crippen molar-refractivity contribution < 1.29 is 41.6 Å². The van der Waals surface area contributed by atoms with E-state index in [4.69, 9.17) is 14.0 Å². The van der Waals surface area contributed by atoms with Crippen molar-refractivity contribution in [1.29, 1.82) is 0 Å². The molecule has 1 fully saturated rings. The average Bonchev–Trinajstić information content (AvgIpc) is 2.53. The van der Waals surface area contributed by atoms with Gasteiger partial charge in [0.2, 0.25) is 12.2 Å². The molecule has 1 aromatic rings. The Kier molecular flexibility index (Phi) is 6.32. The number of amides is 1. The van der Waals surface area contributed by atoms with Crippen molar-refractivity contribution in [2.24, 2.45) is 0 Å². The molecule has 1 aliphatic heterocycles. The van der Waals surface area contributed by atoms with E-state index in [0.29, 0.717) is 5.75 Å². The number of rotatable bonds is 6. The van der Waals surface area contributed by atoms with Gasteiger partial charge in [-0.15, -0.1) is 0 Å². The Morgan fingerprint density at radius 2 is 1.96 bits per heavy atom. The summed E-state index contributed by atoms with van der Waals surface area (Å²) in [5, 5.41) is 22.2. The SMILES string of the molecule is CC(=O)NC1[C@H](Oc2ccccc2)OC(CO)[C@H](OS(=O)(=O)O)[C@@H]1O. The molecule has 4 N–H and O–H groups in total. The number of nitrogens with one attached hydrogen (secondary N) is 1. The highest BCUT2D eigenvalue weighted by Gasteiger charge is 2.49. The summed E-state index contributed by atoms with van der Waals surface area (Å²) in [5.74, 6) is -0.178. The first-order valence-electron chi connectivity index (χ1n) is 7.30. The molecule has 1 aliphatic rings. The third-order valence-corrected chi connectivity index (χ3v) is 3.92. The van der Waals surface area contributed by atoms with Crippen LogP contribution in [0.5, 0.6) is 5.75 Å². The minimum absolute atomic E-state index is 0.362. The first-order chi connectivity index (χ1) is 11.7. The van der Waals surface area contributed by atoms with Crippen LogP contribution in [0.4, 0.5) is 0 Å². The highest BCUT2D eigenvalue weighted by molar-refractivity contribution is 7.80. The van der Waals surface area contributed by atoms with Gasteiger partial charge in [-0.1, -0.05) is 18.2 Å². The molecule has 0 bridgehead atoms. The van der Waals surface area contributed by atoms with E-state index in [-0.39, 0.29) is 0 Å². The monoisotopic (exact) mass is 377 g/mol. The first kappa shape index (κ1) is 19.6. The lowest BCUT2D eigenvalue weighted by molar-refractivity contribution is -0.239. The largest absolute Gasteiger partial charge is 0.463 e. The van der Waals surface area contributed by atoms with Gasteiger partial charge in [-0.25, -0.2) is 4.18 Å². The van der Waals surface area contributed by atoms with Crippen molar-refractivity contribution >= 4 is 16.3 Å². The zero-order chi connectivity index (χ0) is 18.6. The number of carbonyl (C=O) groups excluding carboxylic acids is 1. The summed E-state index contributed by atoms with van der Waals surface area (Å²) >= 11 is 0. The van der Waals surface area contributed by atoms with Crippen molar-refractivity contribution in [3.05, 3.63) is 30.3 Å². The molecule has 11 heteroatoms. The van der Waals surface area contributed by atoms with Crippen LogP contribution in [0.1, 0.15) is 6.92 Å². The van der Waals surface area contributed by atoms with Crippen molar-refractivity contribution in [3.63, 3.8) is 0 Å². The standard InChI is InChI=1S/C14H19NO9S/c1-8(17)15-11-12(18)13(24-25(19,20)21)10(7-16)23-14(11)22-9-5-3-2-4-6-9/h2-6,10-14,16,18H,7H2,1H3,(H,15,17)(H,19,20,21)/t10?,11?,12-,13+,14-/m1/s1. The Morgan fingerprint density at radius 1 is 1.32 bits per heavy atom. The Hall–Kier alpha value is -1.76. The van der Waals surface area contributed by atoms with Gasteiger partial charge in [0.15, 0.2) is 0 Å². The Bertz CT molecular complexity index is 681. The number of hydrogen-bond acceptors (Lipinski definition) is 8. The lowest BCUT2D eigenvalue weighted by Gasteiger charge is -2.43. The molecule has 1 amide bonds. The molecule has 2 unspecified atom stereocenters. The predicted molar refractivity (Wildman–Crippen MR) is 82.8 cm³/mol. The molecule has 1 aromatic carbocycles. The molecule has 1 saturated heterocycles. The summed E-state index contributed by atoms with van der Waals surface area (Å²) in [7, 11) is -4.93. The van der Waals surface area contributed by atoms with E-state index < -0.39 is 53.6 Å². The normalized spacial score (nSPS) is 29.8. The molecule has 0 radical (unpaired) electrons. The topological polar surface area (TPSA) is 152 Å². The quantitative estimate of drug-likeness (QED) is 0.450. The minimum atomic E-state index is -4.93. The van der Waals surface area contributed by atoms with Crippen molar-refractivity contribution in [2.75, 3.05) is 6.61 Å². The van der Waals surface area contributed by atoms with Gasteiger partial charge >= 0.3 is 10.4 Å². The Labute approximate surface area is 144 Å². The zero-order valence-corrected chi connectivity index (χ0v) is 14.0. The van der Waals surface area contributed by atoms with Gasteiger partial charge < -0.3 is 25.0 Å². The number of benzene rings is 1. The van der Waals surface area contributed by atoms with Gasteiger partial charge in [0.1, 0.15) is 30.1 Å². The predicted octanol–water partition coefficient (Wildman–Crippen LogP) is -1.16. The number of hydrogen-bond donors (Lipinski definition) is 4. The number of ether oxygens (including phenoxy) is 2. The van der Waals surface area contributed by atoms with Crippen LogP contribution in [0.3, 0.4) is 0 Å². The summed E-state index contributed by atoms with van der Waals surface area (Å²) in [6.45, 7) is 0.460. The second-order valence-electron chi connectivity index (χ2n) is 5.36. The van der Waals surface area contributed by atoms with Gasteiger partial charge in [-0.05, 0) is 12.1 Å². The van der Waals surface area contributed by atoms with Gasteiger partial charge in [0, 0.05) is 6.92 Å². The lowest BCUT2D eigenvalue weighted by Crippen LogP contribution is -2.66. The van der Waals surface area contributed by atoms with E-state index in [1.165, 1.54) is 6.92 Å².